The Balaban J connectivity index is 2.57. The Bertz CT molecular complexity index is 362. The molecular formula is C14H22N2O2. The van der Waals surface area contributed by atoms with E-state index < -0.39 is 0 Å². The number of ether oxygens (including phenoxy) is 1. The predicted octanol–water partition coefficient (Wildman–Crippen LogP) is 2.31. The number of nitrogens with one attached hydrogen (secondary N) is 1. The van der Waals surface area contributed by atoms with E-state index in [-0.39, 0.29) is 29.6 Å². The van der Waals surface area contributed by atoms with E-state index in [0.29, 0.717) is 0 Å². The monoisotopic (exact) mass is 250 g/mol. The van der Waals surface area contributed by atoms with Crippen molar-refractivity contribution in [3.8, 4) is 6.07 Å². The Labute approximate surface area is 109 Å². The van der Waals surface area contributed by atoms with E-state index in [2.05, 4.69) is 33.0 Å². The second kappa shape index (κ2) is 5.53. The third-order valence-corrected chi connectivity index (χ3v) is 2.90. The van der Waals surface area contributed by atoms with Crippen LogP contribution in [0.2, 0.25) is 0 Å². The van der Waals surface area contributed by atoms with Gasteiger partial charge in [0.25, 0.3) is 0 Å². The standard InChI is InChI=1S/C14H22N2O2/c1-13(2)9-11(10-14(3,4)16-13)18-12(17)7-5-6-8-15/h5,7,11,16H,6,9-10H2,1-4H3. The lowest BCUT2D eigenvalue weighted by Gasteiger charge is -2.45. The quantitative estimate of drug-likeness (QED) is 0.616. The van der Waals surface area contributed by atoms with Gasteiger partial charge in [-0.15, -0.1) is 0 Å². The van der Waals surface area contributed by atoms with Gasteiger partial charge in [0.2, 0.25) is 0 Å². The number of hydrogen-bond acceptors (Lipinski definition) is 4. The lowest BCUT2D eigenvalue weighted by molar-refractivity contribution is -0.147. The zero-order chi connectivity index (χ0) is 13.8. The summed E-state index contributed by atoms with van der Waals surface area (Å²) in [6, 6.07) is 1.95. The van der Waals surface area contributed by atoms with E-state index in [0.717, 1.165) is 12.8 Å². The molecule has 1 rings (SSSR count). The van der Waals surface area contributed by atoms with Crippen LogP contribution in [0.25, 0.3) is 0 Å². The Kier molecular flexibility index (Phi) is 4.53. The highest BCUT2D eigenvalue weighted by atomic mass is 16.5. The van der Waals surface area contributed by atoms with E-state index in [9.17, 15) is 4.79 Å². The molecular weight excluding hydrogens is 228 g/mol. The van der Waals surface area contributed by atoms with Gasteiger partial charge in [-0.3, -0.25) is 0 Å². The SMILES string of the molecule is CC1(C)CC(OC(=O)C=CCC#N)CC(C)(C)N1. The van der Waals surface area contributed by atoms with Crippen LogP contribution in [0, 0.1) is 11.3 Å². The Hall–Kier alpha value is -1.34. The van der Waals surface area contributed by atoms with Crippen molar-refractivity contribution in [1.82, 2.24) is 5.32 Å². The maximum Gasteiger partial charge on any atom is 0.330 e. The van der Waals surface area contributed by atoms with E-state index in [4.69, 9.17) is 10.00 Å². The lowest BCUT2D eigenvalue weighted by Crippen LogP contribution is -2.59. The second-order valence-corrected chi connectivity index (χ2v) is 6.12. The van der Waals surface area contributed by atoms with Crippen LogP contribution in [0.3, 0.4) is 0 Å². The first-order valence-corrected chi connectivity index (χ1v) is 6.27. The average molecular weight is 250 g/mol. The summed E-state index contributed by atoms with van der Waals surface area (Å²) < 4.78 is 5.43. The van der Waals surface area contributed by atoms with Crippen molar-refractivity contribution >= 4 is 5.97 Å². The van der Waals surface area contributed by atoms with Crippen LogP contribution in [0.4, 0.5) is 0 Å². The summed E-state index contributed by atoms with van der Waals surface area (Å²) in [5, 5.41) is 11.9. The predicted molar refractivity (Wildman–Crippen MR) is 69.8 cm³/mol. The first kappa shape index (κ1) is 14.7. The first-order chi connectivity index (χ1) is 8.24. The molecule has 0 atom stereocenters. The van der Waals surface area contributed by atoms with Gasteiger partial charge in [0.1, 0.15) is 6.10 Å². The molecule has 0 aliphatic carbocycles. The Morgan fingerprint density at radius 3 is 2.44 bits per heavy atom. The number of hydrogen-bond donors (Lipinski definition) is 1. The van der Waals surface area contributed by atoms with Crippen LogP contribution >= 0.6 is 0 Å². The molecule has 18 heavy (non-hydrogen) atoms. The fourth-order valence-electron chi connectivity index (χ4n) is 2.72. The fourth-order valence-corrected chi connectivity index (χ4v) is 2.72. The molecule has 0 bridgehead atoms. The van der Waals surface area contributed by atoms with Crippen LogP contribution in [-0.2, 0) is 9.53 Å². The van der Waals surface area contributed by atoms with E-state index in [1.807, 2.05) is 6.07 Å². The summed E-state index contributed by atoms with van der Waals surface area (Å²) >= 11 is 0. The Morgan fingerprint density at radius 1 is 1.39 bits per heavy atom. The van der Waals surface area contributed by atoms with Crippen LogP contribution in [0.5, 0.6) is 0 Å². The van der Waals surface area contributed by atoms with Gasteiger partial charge in [-0.25, -0.2) is 4.79 Å². The highest BCUT2D eigenvalue weighted by molar-refractivity contribution is 5.82. The molecule has 1 aliphatic rings. The van der Waals surface area contributed by atoms with Gasteiger partial charge < -0.3 is 10.1 Å². The molecule has 1 N–H and O–H groups in total. The van der Waals surface area contributed by atoms with Crippen LogP contribution in [0.1, 0.15) is 47.0 Å². The Morgan fingerprint density at radius 2 is 1.94 bits per heavy atom. The topological polar surface area (TPSA) is 62.1 Å². The van der Waals surface area contributed by atoms with Crippen molar-refractivity contribution < 1.29 is 9.53 Å². The molecule has 4 nitrogen and oxygen atoms in total. The third kappa shape index (κ3) is 4.89. The van der Waals surface area contributed by atoms with Crippen molar-refractivity contribution in [3.05, 3.63) is 12.2 Å². The van der Waals surface area contributed by atoms with E-state index >= 15 is 0 Å². The van der Waals surface area contributed by atoms with E-state index in [1.165, 1.54) is 12.2 Å². The molecule has 4 heteroatoms. The van der Waals surface area contributed by atoms with Gasteiger partial charge in [-0.1, -0.05) is 6.08 Å². The molecule has 0 aromatic carbocycles. The number of nitrogens with zero attached hydrogens (tertiary/aromatic N) is 1. The minimum absolute atomic E-state index is 0.0386. The number of allylic oxidation sites excluding steroid dienone is 1. The smallest absolute Gasteiger partial charge is 0.330 e. The van der Waals surface area contributed by atoms with Gasteiger partial charge >= 0.3 is 5.97 Å². The molecule has 0 amide bonds. The van der Waals surface area contributed by atoms with Gasteiger partial charge in [-0.05, 0) is 27.7 Å². The van der Waals surface area contributed by atoms with Gasteiger partial charge in [0, 0.05) is 30.0 Å². The maximum absolute atomic E-state index is 11.6. The molecule has 1 saturated heterocycles. The molecule has 0 unspecified atom stereocenters. The van der Waals surface area contributed by atoms with Crippen molar-refractivity contribution in [1.29, 1.82) is 5.26 Å². The van der Waals surface area contributed by atoms with Crippen molar-refractivity contribution in [2.75, 3.05) is 0 Å². The third-order valence-electron chi connectivity index (χ3n) is 2.90. The lowest BCUT2D eigenvalue weighted by atomic mass is 9.81. The van der Waals surface area contributed by atoms with Crippen molar-refractivity contribution in [2.45, 2.75) is 64.1 Å². The van der Waals surface area contributed by atoms with E-state index in [1.54, 1.807) is 0 Å². The zero-order valence-corrected chi connectivity index (χ0v) is 11.6. The summed E-state index contributed by atoms with van der Waals surface area (Å²) in [5.74, 6) is -0.358. The molecule has 0 aromatic rings. The highest BCUT2D eigenvalue weighted by Crippen LogP contribution is 2.30. The molecule has 1 fully saturated rings. The molecule has 1 aliphatic heterocycles. The van der Waals surface area contributed by atoms with Crippen molar-refractivity contribution in [2.24, 2.45) is 0 Å². The highest BCUT2D eigenvalue weighted by Gasteiger charge is 2.39. The minimum atomic E-state index is -0.358. The average Bonchev–Trinajstić information content (AvgIpc) is 2.12. The summed E-state index contributed by atoms with van der Waals surface area (Å²) in [6.45, 7) is 8.45. The van der Waals surface area contributed by atoms with Crippen LogP contribution in [-0.4, -0.2) is 23.2 Å². The number of carbonyl (C=O) groups excluding carboxylic acids is 1. The fraction of sp³-hybridized carbons (Fsp3) is 0.714. The summed E-state index contributed by atoms with van der Waals surface area (Å²) in [5.41, 5.74) is -0.0773. The van der Waals surface area contributed by atoms with Gasteiger partial charge in [0.05, 0.1) is 12.5 Å². The summed E-state index contributed by atoms with van der Waals surface area (Å²) in [4.78, 5) is 11.6. The summed E-state index contributed by atoms with van der Waals surface area (Å²) in [7, 11) is 0. The number of piperidine rings is 1. The molecule has 0 saturated carbocycles. The van der Waals surface area contributed by atoms with Crippen molar-refractivity contribution in [3.63, 3.8) is 0 Å². The minimum Gasteiger partial charge on any atom is -0.459 e. The maximum atomic E-state index is 11.6. The molecule has 0 spiro atoms. The normalized spacial score (nSPS) is 22.6. The molecule has 100 valence electrons. The molecule has 0 radical (unpaired) electrons. The number of rotatable bonds is 3. The largest absolute Gasteiger partial charge is 0.459 e. The number of esters is 1. The van der Waals surface area contributed by atoms with Gasteiger partial charge in [-0.2, -0.15) is 5.26 Å². The molecule has 0 aromatic heterocycles. The molecule has 1 heterocycles. The van der Waals surface area contributed by atoms with Gasteiger partial charge in [0.15, 0.2) is 0 Å². The number of nitriles is 1. The number of carbonyl (C=O) groups is 1. The first-order valence-electron chi connectivity index (χ1n) is 6.27. The van der Waals surface area contributed by atoms with Crippen LogP contribution in [0.15, 0.2) is 12.2 Å². The summed E-state index contributed by atoms with van der Waals surface area (Å²) in [6.07, 6.45) is 4.63. The zero-order valence-electron chi connectivity index (χ0n) is 11.6. The second-order valence-electron chi connectivity index (χ2n) is 6.12. The van der Waals surface area contributed by atoms with Crippen LogP contribution < -0.4 is 5.32 Å².